The van der Waals surface area contributed by atoms with Crippen LogP contribution in [0.25, 0.3) is 0 Å². The molecule has 0 unspecified atom stereocenters. The molecular formula is C86H146N2O8. The van der Waals surface area contributed by atoms with Crippen LogP contribution in [0, 0.1) is 6.92 Å². The number of benzene rings is 3. The molecule has 3 aromatic rings. The van der Waals surface area contributed by atoms with E-state index in [0.717, 1.165) is 51.4 Å². The van der Waals surface area contributed by atoms with Crippen LogP contribution in [0.3, 0.4) is 0 Å². The van der Waals surface area contributed by atoms with Crippen LogP contribution in [0.2, 0.25) is 0 Å². The molecule has 3 rings (SSSR count). The summed E-state index contributed by atoms with van der Waals surface area (Å²) in [5, 5.41) is 16.4. The van der Waals surface area contributed by atoms with Gasteiger partial charge in [0, 0.05) is 34.6 Å². The number of rotatable bonds is 69. The van der Waals surface area contributed by atoms with Crippen molar-refractivity contribution in [3.63, 3.8) is 0 Å². The molecule has 3 N–H and O–H groups in total. The molecule has 2 amide bonds. The fourth-order valence-corrected chi connectivity index (χ4v) is 13.2. The number of aromatic carboxylic acids is 1. The molecule has 0 spiro atoms. The van der Waals surface area contributed by atoms with Crippen molar-refractivity contribution in [2.24, 2.45) is 0 Å². The Bertz CT molecular complexity index is 2100. The molecule has 0 aliphatic rings. The molecule has 96 heavy (non-hydrogen) atoms. The molecule has 10 heteroatoms. The lowest BCUT2D eigenvalue weighted by molar-refractivity contribution is 0.0696. The Kier molecular flexibility index (Phi) is 54.7. The van der Waals surface area contributed by atoms with Crippen molar-refractivity contribution in [3.8, 4) is 23.0 Å². The minimum absolute atomic E-state index is 0.0731. The average molecular weight is 1340 g/mol. The Morgan fingerprint density at radius 1 is 0.260 bits per heavy atom. The normalized spacial score (nSPS) is 11.3. The number of ether oxygens (including phenoxy) is 4. The predicted molar refractivity (Wildman–Crippen MR) is 410 cm³/mol. The Balaban J connectivity index is 1.67. The van der Waals surface area contributed by atoms with E-state index in [1.54, 1.807) is 31.2 Å². The standard InChI is InChI=1S/C86H146N2O8/c1-6-10-14-18-22-26-30-34-38-42-46-50-54-58-62-93-78-66-75(67-79(72-78)94-63-59-55-51-47-43-39-35-31-27-23-19-15-11-7-2)84(89)87-82-70-77(86(91)92)71-83(74(82)5)88-85(90)76-68-80(95-64-60-56-52-48-44-40-36-32-28-24-20-16-12-8-3)73-81(69-76)96-65-61-57-53-49-45-41-37-33-29-25-21-17-13-9-4/h66-73H,6-65H2,1-5H3,(H,87,89)(H,88,90)(H,91,92). The first kappa shape index (κ1) is 85.5. The van der Waals surface area contributed by atoms with E-state index in [1.807, 2.05) is 12.1 Å². The molecule has 0 atom stereocenters. The highest BCUT2D eigenvalue weighted by Crippen LogP contribution is 2.32. The SMILES string of the molecule is CCCCCCCCCCCCCCCCOc1cc(OCCCCCCCCCCCCCCCC)cc(C(=O)Nc2cc(C(=O)O)cc(NC(=O)c3cc(OCCCCCCCCCCCCCCCC)cc(OCCCCCCCCCCCCCCCC)c3)c2C)c1. The maximum atomic E-state index is 14.4. The van der Waals surface area contributed by atoms with E-state index >= 15 is 0 Å². The Hall–Kier alpha value is -4.73. The van der Waals surface area contributed by atoms with Gasteiger partial charge in [-0.25, -0.2) is 4.79 Å². The number of carbonyl (C=O) groups is 3. The second kappa shape index (κ2) is 61.4. The maximum Gasteiger partial charge on any atom is 0.335 e. The number of unbranched alkanes of at least 4 members (excludes halogenated alkanes) is 52. The van der Waals surface area contributed by atoms with Crippen LogP contribution in [0.15, 0.2) is 48.5 Å². The lowest BCUT2D eigenvalue weighted by Gasteiger charge is -2.17. The molecule has 548 valence electrons. The van der Waals surface area contributed by atoms with Gasteiger partial charge in [-0.3, -0.25) is 9.59 Å². The Morgan fingerprint density at radius 3 is 0.615 bits per heavy atom. The number of nitrogens with one attached hydrogen (secondary N) is 2. The highest BCUT2D eigenvalue weighted by atomic mass is 16.5. The van der Waals surface area contributed by atoms with Crippen LogP contribution < -0.4 is 29.6 Å². The first-order valence-electron chi connectivity index (χ1n) is 41.0. The van der Waals surface area contributed by atoms with Gasteiger partial charge in [-0.05, 0) is 74.6 Å². The van der Waals surface area contributed by atoms with E-state index in [2.05, 4.69) is 38.3 Å². The van der Waals surface area contributed by atoms with Crippen LogP contribution in [-0.4, -0.2) is 49.3 Å². The van der Waals surface area contributed by atoms with Crippen molar-refractivity contribution in [2.45, 2.75) is 394 Å². The predicted octanol–water partition coefficient (Wildman–Crippen LogP) is 27.6. The first-order valence-corrected chi connectivity index (χ1v) is 41.0. The zero-order chi connectivity index (χ0) is 68.8. The van der Waals surface area contributed by atoms with Gasteiger partial charge in [0.15, 0.2) is 0 Å². The number of carbonyl (C=O) groups excluding carboxylic acids is 2. The summed E-state index contributed by atoms with van der Waals surface area (Å²) in [5.41, 5.74) is 1.66. The summed E-state index contributed by atoms with van der Waals surface area (Å²) in [6, 6.07) is 13.6. The minimum atomic E-state index is -1.18. The van der Waals surface area contributed by atoms with Gasteiger partial charge < -0.3 is 34.7 Å². The van der Waals surface area contributed by atoms with E-state index in [-0.39, 0.29) is 16.9 Å². The van der Waals surface area contributed by atoms with Gasteiger partial charge in [-0.2, -0.15) is 0 Å². The van der Waals surface area contributed by atoms with Crippen molar-refractivity contribution in [1.29, 1.82) is 0 Å². The Labute approximate surface area is 589 Å². The van der Waals surface area contributed by atoms with Crippen molar-refractivity contribution >= 4 is 29.2 Å². The molecule has 0 aliphatic heterocycles. The molecule has 0 bridgehead atoms. The fourth-order valence-electron chi connectivity index (χ4n) is 13.2. The summed E-state index contributed by atoms with van der Waals surface area (Å²) in [6.07, 6.45) is 71.8. The van der Waals surface area contributed by atoms with Crippen LogP contribution in [0.4, 0.5) is 11.4 Å². The van der Waals surface area contributed by atoms with Gasteiger partial charge in [0.2, 0.25) is 0 Å². The summed E-state index contributed by atoms with van der Waals surface area (Å²) >= 11 is 0. The molecule has 10 nitrogen and oxygen atoms in total. The molecule has 0 aromatic heterocycles. The molecule has 0 fully saturated rings. The van der Waals surface area contributed by atoms with E-state index in [4.69, 9.17) is 18.9 Å². The molecule has 0 heterocycles. The lowest BCUT2D eigenvalue weighted by atomic mass is 10.0. The molecular weight excluding hydrogens is 1190 g/mol. The topological polar surface area (TPSA) is 132 Å². The molecule has 0 saturated heterocycles. The van der Waals surface area contributed by atoms with Crippen molar-refractivity contribution in [1.82, 2.24) is 0 Å². The van der Waals surface area contributed by atoms with Gasteiger partial charge >= 0.3 is 5.97 Å². The van der Waals surface area contributed by atoms with E-state index in [0.29, 0.717) is 66.1 Å². The Morgan fingerprint density at radius 2 is 0.438 bits per heavy atom. The molecule has 0 saturated carbocycles. The smallest absolute Gasteiger partial charge is 0.335 e. The molecule has 3 aromatic carbocycles. The second-order valence-corrected chi connectivity index (χ2v) is 28.6. The summed E-state index contributed by atoms with van der Waals surface area (Å²) < 4.78 is 25.4. The number of hydrogen-bond acceptors (Lipinski definition) is 7. The van der Waals surface area contributed by atoms with Crippen LogP contribution in [0.5, 0.6) is 23.0 Å². The zero-order valence-corrected chi connectivity index (χ0v) is 62.9. The fraction of sp³-hybridized carbons (Fsp3) is 0.756. The number of hydrogen-bond donors (Lipinski definition) is 3. The van der Waals surface area contributed by atoms with E-state index < -0.39 is 17.8 Å². The van der Waals surface area contributed by atoms with Crippen LogP contribution in [0.1, 0.15) is 424 Å². The number of anilines is 2. The zero-order valence-electron chi connectivity index (χ0n) is 62.9. The summed E-state index contributed by atoms with van der Waals surface area (Å²) in [5.74, 6) is 0.182. The second-order valence-electron chi connectivity index (χ2n) is 28.6. The summed E-state index contributed by atoms with van der Waals surface area (Å²) in [7, 11) is 0. The summed E-state index contributed by atoms with van der Waals surface area (Å²) in [4.78, 5) is 41.6. The third kappa shape index (κ3) is 45.8. The first-order chi connectivity index (χ1) is 47.2. The van der Waals surface area contributed by atoms with Gasteiger partial charge in [0.05, 0.1) is 32.0 Å². The highest BCUT2D eigenvalue weighted by molar-refractivity contribution is 6.09. The van der Waals surface area contributed by atoms with E-state index in [1.165, 1.54) is 320 Å². The van der Waals surface area contributed by atoms with E-state index in [9.17, 15) is 19.5 Å². The van der Waals surface area contributed by atoms with Crippen LogP contribution in [-0.2, 0) is 0 Å². The highest BCUT2D eigenvalue weighted by Gasteiger charge is 2.20. The molecule has 0 radical (unpaired) electrons. The van der Waals surface area contributed by atoms with Crippen molar-refractivity contribution < 1.29 is 38.4 Å². The van der Waals surface area contributed by atoms with Crippen molar-refractivity contribution in [3.05, 3.63) is 70.8 Å². The number of carboxylic acid groups (broad SMARTS) is 1. The minimum Gasteiger partial charge on any atom is -0.493 e. The van der Waals surface area contributed by atoms with Gasteiger partial charge in [-0.15, -0.1) is 0 Å². The quantitative estimate of drug-likeness (QED) is 0.0476. The number of amides is 2. The van der Waals surface area contributed by atoms with Gasteiger partial charge in [0.1, 0.15) is 23.0 Å². The largest absolute Gasteiger partial charge is 0.493 e. The number of carboxylic acids is 1. The third-order valence-corrected chi connectivity index (χ3v) is 19.5. The van der Waals surface area contributed by atoms with Gasteiger partial charge in [-0.1, -0.05) is 362 Å². The van der Waals surface area contributed by atoms with Gasteiger partial charge in [0.25, 0.3) is 11.8 Å². The third-order valence-electron chi connectivity index (χ3n) is 19.5. The summed E-state index contributed by atoms with van der Waals surface area (Å²) in [6.45, 7) is 13.0. The van der Waals surface area contributed by atoms with Crippen molar-refractivity contribution in [2.75, 3.05) is 37.1 Å². The lowest BCUT2D eigenvalue weighted by Crippen LogP contribution is -2.17. The average Bonchev–Trinajstić information content (AvgIpc) is 0.836. The van der Waals surface area contributed by atoms with Crippen LogP contribution >= 0.6 is 0 Å². The monoisotopic (exact) mass is 1340 g/mol. The molecule has 0 aliphatic carbocycles. The maximum absolute atomic E-state index is 14.4.